The molecule has 1 amide bonds. The van der Waals surface area contributed by atoms with E-state index >= 15 is 0 Å². The van der Waals surface area contributed by atoms with E-state index in [1.807, 2.05) is 45.0 Å². The van der Waals surface area contributed by atoms with Gasteiger partial charge in [0.25, 0.3) is 5.91 Å². The minimum absolute atomic E-state index is 0. The van der Waals surface area contributed by atoms with Crippen LogP contribution < -0.4 is 15.4 Å². The summed E-state index contributed by atoms with van der Waals surface area (Å²) in [6.07, 6.45) is 0. The van der Waals surface area contributed by atoms with E-state index in [1.165, 1.54) is 5.39 Å². The van der Waals surface area contributed by atoms with Gasteiger partial charge >= 0.3 is 0 Å². The van der Waals surface area contributed by atoms with Crippen LogP contribution in [-0.2, 0) is 11.3 Å². The first-order chi connectivity index (χ1) is 11.8. The maximum absolute atomic E-state index is 12.1. The van der Waals surface area contributed by atoms with Gasteiger partial charge in [-0.2, -0.15) is 0 Å². The number of amides is 1. The average Bonchev–Trinajstić information content (AvgIpc) is 2.51. The molecular weight excluding hydrogens is 348 g/mol. The number of carbonyl (C=O) groups excluding carboxylic acids is 1. The summed E-state index contributed by atoms with van der Waals surface area (Å²) in [5.41, 5.74) is 0.841. The number of nitrogens with one attached hydrogen (secondary N) is 2. The van der Waals surface area contributed by atoms with Crippen LogP contribution >= 0.6 is 12.4 Å². The second-order valence-corrected chi connectivity index (χ2v) is 7.87. The zero-order valence-electron chi connectivity index (χ0n) is 16.4. The molecule has 0 unspecified atom stereocenters. The van der Waals surface area contributed by atoms with Gasteiger partial charge in [-0.3, -0.25) is 4.79 Å². The van der Waals surface area contributed by atoms with Gasteiger partial charge in [-0.15, -0.1) is 12.4 Å². The third kappa shape index (κ3) is 6.85. The minimum atomic E-state index is -0.258. The molecule has 0 radical (unpaired) electrons. The Bertz CT molecular complexity index is 724. The molecule has 26 heavy (non-hydrogen) atoms. The molecular formula is C21H31ClN2O2. The van der Waals surface area contributed by atoms with E-state index in [9.17, 15) is 4.79 Å². The Hall–Kier alpha value is -1.78. The summed E-state index contributed by atoms with van der Waals surface area (Å²) in [6.45, 7) is 11.9. The zero-order valence-corrected chi connectivity index (χ0v) is 17.2. The monoisotopic (exact) mass is 378 g/mol. The van der Waals surface area contributed by atoms with Crippen molar-refractivity contribution in [1.82, 2.24) is 10.6 Å². The van der Waals surface area contributed by atoms with E-state index in [0.717, 1.165) is 29.8 Å². The number of ether oxygens (including phenoxy) is 1. The van der Waals surface area contributed by atoms with Crippen LogP contribution in [0.4, 0.5) is 0 Å². The summed E-state index contributed by atoms with van der Waals surface area (Å²) in [6, 6.07) is 12.3. The zero-order chi connectivity index (χ0) is 18.4. The number of benzene rings is 2. The number of hydrogen-bond donors (Lipinski definition) is 2. The third-order valence-electron chi connectivity index (χ3n) is 3.73. The molecule has 2 N–H and O–H groups in total. The molecule has 0 aliphatic carbocycles. The Balaban J connectivity index is 0.00000338. The van der Waals surface area contributed by atoms with Crippen molar-refractivity contribution in [3.8, 4) is 5.75 Å². The molecule has 0 bridgehead atoms. The Labute approximate surface area is 163 Å². The van der Waals surface area contributed by atoms with Crippen LogP contribution in [0.3, 0.4) is 0 Å². The van der Waals surface area contributed by atoms with Crippen LogP contribution in [0.25, 0.3) is 10.8 Å². The summed E-state index contributed by atoms with van der Waals surface area (Å²) >= 11 is 0. The van der Waals surface area contributed by atoms with Crippen molar-refractivity contribution in [3.63, 3.8) is 0 Å². The Kier molecular flexibility index (Phi) is 8.38. The lowest BCUT2D eigenvalue weighted by Crippen LogP contribution is -2.43. The lowest BCUT2D eigenvalue weighted by molar-refractivity contribution is -0.124. The fourth-order valence-corrected chi connectivity index (χ4v) is 2.72. The van der Waals surface area contributed by atoms with Gasteiger partial charge in [-0.05, 0) is 50.1 Å². The van der Waals surface area contributed by atoms with Gasteiger partial charge in [0.1, 0.15) is 5.75 Å². The quantitative estimate of drug-likeness (QED) is 0.755. The van der Waals surface area contributed by atoms with E-state index in [0.29, 0.717) is 5.92 Å². The highest BCUT2D eigenvalue weighted by molar-refractivity contribution is 5.88. The summed E-state index contributed by atoms with van der Waals surface area (Å²) in [4.78, 5) is 12.1. The van der Waals surface area contributed by atoms with Gasteiger partial charge in [-0.1, -0.05) is 44.2 Å². The van der Waals surface area contributed by atoms with E-state index < -0.39 is 0 Å². The van der Waals surface area contributed by atoms with Crippen molar-refractivity contribution in [2.75, 3.05) is 13.2 Å². The second kappa shape index (κ2) is 9.79. The van der Waals surface area contributed by atoms with Gasteiger partial charge in [0, 0.05) is 17.6 Å². The molecule has 0 fully saturated rings. The molecule has 2 aromatic rings. The largest absolute Gasteiger partial charge is 0.483 e. The fourth-order valence-electron chi connectivity index (χ4n) is 2.72. The van der Waals surface area contributed by atoms with E-state index in [4.69, 9.17) is 4.74 Å². The molecule has 0 saturated heterocycles. The van der Waals surface area contributed by atoms with Crippen LogP contribution in [0.5, 0.6) is 5.75 Å². The van der Waals surface area contributed by atoms with Crippen molar-refractivity contribution in [3.05, 3.63) is 42.0 Å². The maximum atomic E-state index is 12.1. The molecule has 2 aromatic carbocycles. The summed E-state index contributed by atoms with van der Waals surface area (Å²) in [5.74, 6) is 1.23. The van der Waals surface area contributed by atoms with Gasteiger partial charge in [0.05, 0.1) is 0 Å². The molecule has 0 atom stereocenters. The highest BCUT2D eigenvalue weighted by Crippen LogP contribution is 2.28. The van der Waals surface area contributed by atoms with Gasteiger partial charge in [0.15, 0.2) is 6.61 Å². The average molecular weight is 379 g/mol. The molecule has 2 rings (SSSR count). The normalized spacial score (nSPS) is 11.3. The number of carbonyl (C=O) groups is 1. The molecule has 5 heteroatoms. The highest BCUT2D eigenvalue weighted by Gasteiger charge is 2.15. The van der Waals surface area contributed by atoms with Gasteiger partial charge in [0.2, 0.25) is 0 Å². The maximum Gasteiger partial charge on any atom is 0.258 e. The first kappa shape index (κ1) is 22.3. The number of halogens is 1. The molecule has 4 nitrogen and oxygen atoms in total. The van der Waals surface area contributed by atoms with Crippen molar-refractivity contribution in [2.24, 2.45) is 5.92 Å². The molecule has 0 aliphatic rings. The van der Waals surface area contributed by atoms with Crippen LogP contribution in [0.1, 0.15) is 40.2 Å². The highest BCUT2D eigenvalue weighted by atomic mass is 35.5. The van der Waals surface area contributed by atoms with Crippen molar-refractivity contribution < 1.29 is 9.53 Å². The van der Waals surface area contributed by atoms with Crippen LogP contribution in [-0.4, -0.2) is 24.6 Å². The van der Waals surface area contributed by atoms with Crippen LogP contribution in [0, 0.1) is 5.92 Å². The van der Waals surface area contributed by atoms with Crippen molar-refractivity contribution >= 4 is 29.1 Å². The standard InChI is InChI=1S/C21H30N2O2.ClH/c1-15(2)12-22-13-18-17-9-7-6-8-16(17)10-11-19(18)25-14-20(24)23-21(3,4)5;/h6-11,15,22H,12-14H2,1-5H3,(H,23,24);1H. The molecule has 0 aliphatic heterocycles. The predicted molar refractivity (Wildman–Crippen MR) is 111 cm³/mol. The third-order valence-corrected chi connectivity index (χ3v) is 3.73. The molecule has 0 aromatic heterocycles. The first-order valence-electron chi connectivity index (χ1n) is 8.91. The lowest BCUT2D eigenvalue weighted by Gasteiger charge is -2.21. The Morgan fingerprint density at radius 1 is 1.12 bits per heavy atom. The Morgan fingerprint density at radius 3 is 2.46 bits per heavy atom. The fraction of sp³-hybridized carbons (Fsp3) is 0.476. The predicted octanol–water partition coefficient (Wildman–Crippen LogP) is 4.30. The molecule has 144 valence electrons. The van der Waals surface area contributed by atoms with Gasteiger partial charge in [-0.25, -0.2) is 0 Å². The minimum Gasteiger partial charge on any atom is -0.483 e. The smallest absolute Gasteiger partial charge is 0.258 e. The SMILES string of the molecule is CC(C)CNCc1c(OCC(=O)NC(C)(C)C)ccc2ccccc12.Cl. The lowest BCUT2D eigenvalue weighted by atomic mass is 10.0. The Morgan fingerprint density at radius 2 is 1.81 bits per heavy atom. The molecule has 0 spiro atoms. The van der Waals surface area contributed by atoms with E-state index in [1.54, 1.807) is 0 Å². The van der Waals surface area contributed by atoms with Crippen LogP contribution in [0.15, 0.2) is 36.4 Å². The van der Waals surface area contributed by atoms with E-state index in [2.05, 4.69) is 36.6 Å². The van der Waals surface area contributed by atoms with Gasteiger partial charge < -0.3 is 15.4 Å². The number of hydrogen-bond acceptors (Lipinski definition) is 3. The first-order valence-corrected chi connectivity index (χ1v) is 8.91. The summed E-state index contributed by atoms with van der Waals surface area (Å²) in [5, 5.41) is 8.74. The van der Waals surface area contributed by atoms with Crippen LogP contribution in [0.2, 0.25) is 0 Å². The van der Waals surface area contributed by atoms with E-state index in [-0.39, 0.29) is 30.5 Å². The van der Waals surface area contributed by atoms with Crippen molar-refractivity contribution in [1.29, 1.82) is 0 Å². The topological polar surface area (TPSA) is 50.4 Å². The second-order valence-electron chi connectivity index (χ2n) is 7.87. The summed E-state index contributed by atoms with van der Waals surface area (Å²) in [7, 11) is 0. The number of rotatable bonds is 7. The number of fused-ring (bicyclic) bond motifs is 1. The summed E-state index contributed by atoms with van der Waals surface area (Å²) < 4.78 is 5.86. The van der Waals surface area contributed by atoms with Crippen molar-refractivity contribution in [2.45, 2.75) is 46.7 Å². The molecule has 0 saturated carbocycles. The molecule has 0 heterocycles.